The van der Waals surface area contributed by atoms with Crippen molar-refractivity contribution in [1.82, 2.24) is 0 Å². The van der Waals surface area contributed by atoms with Crippen molar-refractivity contribution in [2.45, 2.75) is 59.3 Å². The number of Topliss-reactive ketones (excluding diaryl/α,β-unsaturated/α-hetero) is 1. The zero-order chi connectivity index (χ0) is 32.3. The number of hydrogen-bond acceptors (Lipinski definition) is 5. The van der Waals surface area contributed by atoms with Gasteiger partial charge < -0.3 is 4.84 Å². The summed E-state index contributed by atoms with van der Waals surface area (Å²) in [6.07, 6.45) is 5.79. The van der Waals surface area contributed by atoms with Gasteiger partial charge in [0.05, 0.1) is 0 Å². The molecule has 5 aromatic carbocycles. The summed E-state index contributed by atoms with van der Waals surface area (Å²) in [5, 5.41) is 4.37. The van der Waals surface area contributed by atoms with Crippen molar-refractivity contribution in [3.63, 3.8) is 0 Å². The lowest BCUT2D eigenvalue weighted by Crippen LogP contribution is -2.16. The molecule has 5 heteroatoms. The van der Waals surface area contributed by atoms with Crippen LogP contribution in [0.25, 0.3) is 5.57 Å². The maximum absolute atomic E-state index is 13.7. The SMILES string of the molecule is C=C(c1ccccc1)c1ccc(Sc2ccc(C(=O)C(CCSc3ccc(C4CCCC4)cc3)=NOCc3ccccc3)cc2)cc1. The third-order valence-corrected chi connectivity index (χ3v) is 10.5. The number of oxime groups is 1. The predicted octanol–water partition coefficient (Wildman–Crippen LogP) is 11.5. The molecule has 1 saturated carbocycles. The number of carbonyl (C=O) groups is 1. The van der Waals surface area contributed by atoms with E-state index in [4.69, 9.17) is 4.84 Å². The quantitative estimate of drug-likeness (QED) is 0.0517. The molecule has 0 saturated heterocycles. The topological polar surface area (TPSA) is 38.7 Å². The molecule has 3 nitrogen and oxygen atoms in total. The molecule has 0 unspecified atom stereocenters. The standard InChI is InChI=1S/C42H39NO2S2/c1-31(33-12-6-3-7-13-33)34-16-24-39(25-17-34)47-40-26-20-37(21-27-40)42(44)41(43-45-30-32-10-4-2-5-11-32)28-29-46-38-22-18-36(19-23-38)35-14-8-9-15-35/h2-7,10-13,16-27,35H,1,8-9,14-15,28-30H2. The van der Waals surface area contributed by atoms with E-state index in [-0.39, 0.29) is 5.78 Å². The van der Waals surface area contributed by atoms with Gasteiger partial charge in [0.2, 0.25) is 5.78 Å². The smallest absolute Gasteiger partial charge is 0.210 e. The van der Waals surface area contributed by atoms with E-state index in [1.54, 1.807) is 23.5 Å². The molecule has 0 amide bonds. The van der Waals surface area contributed by atoms with E-state index in [0.29, 0.717) is 30.2 Å². The van der Waals surface area contributed by atoms with E-state index in [9.17, 15) is 4.79 Å². The van der Waals surface area contributed by atoms with Crippen LogP contribution >= 0.6 is 23.5 Å². The highest BCUT2D eigenvalue weighted by Gasteiger charge is 2.18. The van der Waals surface area contributed by atoms with Crippen LogP contribution in [0.3, 0.4) is 0 Å². The second-order valence-corrected chi connectivity index (χ2v) is 14.1. The summed E-state index contributed by atoms with van der Waals surface area (Å²) in [5.41, 5.74) is 6.73. The van der Waals surface area contributed by atoms with Gasteiger partial charge in [-0.25, -0.2) is 0 Å². The molecule has 1 aliphatic carbocycles. The Kier molecular flexibility index (Phi) is 11.4. The number of benzene rings is 5. The summed E-state index contributed by atoms with van der Waals surface area (Å²) in [5.74, 6) is 1.35. The first kappa shape index (κ1) is 32.6. The van der Waals surface area contributed by atoms with Crippen molar-refractivity contribution >= 4 is 40.6 Å². The van der Waals surface area contributed by atoms with E-state index < -0.39 is 0 Å². The molecule has 0 radical (unpaired) electrons. The third kappa shape index (κ3) is 9.15. The molecule has 0 heterocycles. The zero-order valence-electron chi connectivity index (χ0n) is 26.5. The fourth-order valence-electron chi connectivity index (χ4n) is 5.83. The van der Waals surface area contributed by atoms with Crippen molar-refractivity contribution < 1.29 is 9.63 Å². The van der Waals surface area contributed by atoms with Crippen LogP contribution in [0.15, 0.2) is 160 Å². The van der Waals surface area contributed by atoms with Crippen LogP contribution in [-0.4, -0.2) is 17.2 Å². The molecule has 0 aromatic heterocycles. The van der Waals surface area contributed by atoms with Gasteiger partial charge in [-0.05, 0) is 95.1 Å². The zero-order valence-corrected chi connectivity index (χ0v) is 28.1. The number of rotatable bonds is 14. The van der Waals surface area contributed by atoms with Gasteiger partial charge in [0.15, 0.2) is 0 Å². The number of thioether (sulfide) groups is 1. The van der Waals surface area contributed by atoms with Crippen LogP contribution in [0, 0.1) is 0 Å². The monoisotopic (exact) mass is 653 g/mol. The Bertz CT molecular complexity index is 1780. The minimum Gasteiger partial charge on any atom is -0.391 e. The lowest BCUT2D eigenvalue weighted by atomic mass is 9.98. The van der Waals surface area contributed by atoms with Crippen LogP contribution in [-0.2, 0) is 11.4 Å². The first-order valence-corrected chi connectivity index (χ1v) is 18.1. The molecule has 5 aromatic rings. The number of ketones is 1. The number of hydrogen-bond donors (Lipinski definition) is 0. The Morgan fingerprint density at radius 3 is 1.87 bits per heavy atom. The van der Waals surface area contributed by atoms with E-state index in [0.717, 1.165) is 37.8 Å². The van der Waals surface area contributed by atoms with Gasteiger partial charge >= 0.3 is 0 Å². The predicted molar refractivity (Wildman–Crippen MR) is 198 cm³/mol. The van der Waals surface area contributed by atoms with Gasteiger partial charge in [0, 0.05) is 32.4 Å². The first-order valence-electron chi connectivity index (χ1n) is 16.3. The molecular weight excluding hydrogens is 615 g/mol. The summed E-state index contributed by atoms with van der Waals surface area (Å²) >= 11 is 3.42. The van der Waals surface area contributed by atoms with Gasteiger partial charge in [0.25, 0.3) is 0 Å². The molecule has 1 fully saturated rings. The lowest BCUT2D eigenvalue weighted by molar-refractivity contribution is 0.103. The largest absolute Gasteiger partial charge is 0.391 e. The van der Waals surface area contributed by atoms with Crippen LogP contribution in [0.2, 0.25) is 0 Å². The van der Waals surface area contributed by atoms with Gasteiger partial charge in [-0.2, -0.15) is 0 Å². The van der Waals surface area contributed by atoms with Crippen LogP contribution in [0.5, 0.6) is 0 Å². The number of nitrogens with zero attached hydrogens (tertiary/aromatic N) is 1. The van der Waals surface area contributed by atoms with Crippen LogP contribution in [0.1, 0.15) is 70.6 Å². The molecule has 0 spiro atoms. The van der Waals surface area contributed by atoms with Crippen molar-refractivity contribution in [3.05, 3.63) is 168 Å². The Hall–Kier alpha value is -4.32. The number of carbonyl (C=O) groups excluding carboxylic acids is 1. The van der Waals surface area contributed by atoms with Crippen molar-refractivity contribution in [1.29, 1.82) is 0 Å². The average molecular weight is 654 g/mol. The molecule has 0 N–H and O–H groups in total. The maximum Gasteiger partial charge on any atom is 0.210 e. The Morgan fingerprint density at radius 2 is 1.23 bits per heavy atom. The van der Waals surface area contributed by atoms with E-state index in [1.165, 1.54) is 36.1 Å². The van der Waals surface area contributed by atoms with Gasteiger partial charge in [0.1, 0.15) is 12.3 Å². The normalized spacial score (nSPS) is 13.4. The summed E-state index contributed by atoms with van der Waals surface area (Å²) in [4.78, 5) is 22.8. The Balaban J connectivity index is 1.08. The Morgan fingerprint density at radius 1 is 0.681 bits per heavy atom. The molecule has 6 rings (SSSR count). The second kappa shape index (κ2) is 16.5. The van der Waals surface area contributed by atoms with E-state index >= 15 is 0 Å². The maximum atomic E-state index is 13.7. The summed E-state index contributed by atoms with van der Waals surface area (Å²) in [6.45, 7) is 4.59. The van der Waals surface area contributed by atoms with Crippen molar-refractivity contribution in [2.24, 2.45) is 5.16 Å². The van der Waals surface area contributed by atoms with Crippen LogP contribution in [0.4, 0.5) is 0 Å². The first-order chi connectivity index (χ1) is 23.1. The minimum absolute atomic E-state index is 0.101. The molecular formula is C42H39NO2S2. The second-order valence-electron chi connectivity index (χ2n) is 11.8. The van der Waals surface area contributed by atoms with Crippen molar-refractivity contribution in [2.75, 3.05) is 5.75 Å². The highest BCUT2D eigenvalue weighted by molar-refractivity contribution is 7.99. The van der Waals surface area contributed by atoms with Crippen LogP contribution < -0.4 is 0 Å². The van der Waals surface area contributed by atoms with Gasteiger partial charge in [-0.1, -0.05) is 121 Å². The lowest BCUT2D eigenvalue weighted by Gasteiger charge is -2.11. The summed E-state index contributed by atoms with van der Waals surface area (Å²) in [6, 6.07) is 45.3. The van der Waals surface area contributed by atoms with E-state index in [1.807, 2.05) is 72.8 Å². The average Bonchev–Trinajstić information content (AvgIpc) is 3.68. The van der Waals surface area contributed by atoms with Crippen molar-refractivity contribution in [3.8, 4) is 0 Å². The highest BCUT2D eigenvalue weighted by atomic mass is 32.2. The molecule has 236 valence electrons. The Labute approximate surface area is 287 Å². The molecule has 0 atom stereocenters. The molecule has 47 heavy (non-hydrogen) atoms. The fourth-order valence-corrected chi connectivity index (χ4v) is 7.50. The minimum atomic E-state index is -0.101. The van der Waals surface area contributed by atoms with Gasteiger partial charge in [-0.3, -0.25) is 4.79 Å². The molecule has 0 aliphatic heterocycles. The van der Waals surface area contributed by atoms with Gasteiger partial charge in [-0.15, -0.1) is 11.8 Å². The third-order valence-electron chi connectivity index (χ3n) is 8.50. The summed E-state index contributed by atoms with van der Waals surface area (Å²) in [7, 11) is 0. The molecule has 1 aliphatic rings. The molecule has 0 bridgehead atoms. The fraction of sp³-hybridized carbons (Fsp3) is 0.190. The van der Waals surface area contributed by atoms with E-state index in [2.05, 4.69) is 72.4 Å². The highest BCUT2D eigenvalue weighted by Crippen LogP contribution is 2.35. The summed E-state index contributed by atoms with van der Waals surface area (Å²) < 4.78 is 0.